The summed E-state index contributed by atoms with van der Waals surface area (Å²) in [6.45, 7) is 0. The molecule has 2 aromatic carbocycles. The monoisotopic (exact) mass is 386 g/mol. The summed E-state index contributed by atoms with van der Waals surface area (Å²) < 4.78 is 28.0. The number of nitrogens with one attached hydrogen (secondary N) is 1. The summed E-state index contributed by atoms with van der Waals surface area (Å²) in [6.07, 6.45) is 6.15. The molecule has 3 N–H and O–H groups in total. The first-order chi connectivity index (χ1) is 12.9. The highest BCUT2D eigenvalue weighted by molar-refractivity contribution is 7.89. The topological polar surface area (TPSA) is 89.3 Å². The van der Waals surface area contributed by atoms with Crippen LogP contribution in [0.3, 0.4) is 0 Å². The highest BCUT2D eigenvalue weighted by Gasteiger charge is 2.21. The van der Waals surface area contributed by atoms with Crippen LogP contribution in [0, 0.1) is 0 Å². The predicted molar refractivity (Wildman–Crippen MR) is 107 cm³/mol. The zero-order valence-electron chi connectivity index (χ0n) is 15.4. The zero-order valence-corrected chi connectivity index (χ0v) is 16.2. The van der Waals surface area contributed by atoms with E-state index < -0.39 is 10.0 Å². The van der Waals surface area contributed by atoms with Crippen LogP contribution in [0.1, 0.15) is 44.1 Å². The van der Waals surface area contributed by atoms with Crippen molar-refractivity contribution < 1.29 is 13.2 Å². The third-order valence-electron chi connectivity index (χ3n) is 5.04. The quantitative estimate of drug-likeness (QED) is 0.764. The van der Waals surface area contributed by atoms with Gasteiger partial charge in [0.15, 0.2) is 0 Å². The summed E-state index contributed by atoms with van der Waals surface area (Å²) in [5.41, 5.74) is 8.18. The summed E-state index contributed by atoms with van der Waals surface area (Å²) in [5.74, 6) is -0.308. The molecule has 0 heterocycles. The maximum absolute atomic E-state index is 12.6. The van der Waals surface area contributed by atoms with Gasteiger partial charge in [-0.2, -0.15) is 0 Å². The number of hydrogen-bond donors (Lipinski definition) is 2. The Morgan fingerprint density at radius 3 is 2.04 bits per heavy atom. The maximum atomic E-state index is 12.6. The highest BCUT2D eigenvalue weighted by Crippen LogP contribution is 2.24. The predicted octanol–water partition coefficient (Wildman–Crippen LogP) is 3.38. The lowest BCUT2D eigenvalue weighted by Gasteiger charge is -2.22. The molecule has 2 aromatic rings. The number of nitrogens with two attached hydrogens (primary N) is 1. The van der Waals surface area contributed by atoms with E-state index in [1.54, 1.807) is 12.1 Å². The van der Waals surface area contributed by atoms with E-state index in [0.29, 0.717) is 17.7 Å². The minimum absolute atomic E-state index is 0.0522. The molecule has 1 aliphatic rings. The minimum Gasteiger partial charge on any atom is -0.370 e. The van der Waals surface area contributed by atoms with E-state index in [2.05, 4.69) is 4.72 Å². The molecule has 1 saturated carbocycles. The molecule has 1 fully saturated rings. The smallest absolute Gasteiger partial charge is 0.240 e. The van der Waals surface area contributed by atoms with Gasteiger partial charge in [0, 0.05) is 12.5 Å². The normalized spacial score (nSPS) is 15.6. The second kappa shape index (κ2) is 8.67. The van der Waals surface area contributed by atoms with E-state index in [1.165, 1.54) is 6.42 Å². The Balaban J connectivity index is 1.68. The van der Waals surface area contributed by atoms with Crippen molar-refractivity contribution in [3.63, 3.8) is 0 Å². The second-order valence-electron chi connectivity index (χ2n) is 7.14. The first-order valence-corrected chi connectivity index (χ1v) is 10.9. The lowest BCUT2D eigenvalue weighted by molar-refractivity contribution is -0.117. The van der Waals surface area contributed by atoms with Gasteiger partial charge in [-0.15, -0.1) is 0 Å². The van der Waals surface area contributed by atoms with Crippen molar-refractivity contribution in [1.29, 1.82) is 0 Å². The molecule has 144 valence electrons. The van der Waals surface area contributed by atoms with Gasteiger partial charge >= 0.3 is 0 Å². The van der Waals surface area contributed by atoms with Crippen LogP contribution in [0.15, 0.2) is 53.4 Å². The van der Waals surface area contributed by atoms with Crippen LogP contribution in [-0.4, -0.2) is 20.4 Å². The van der Waals surface area contributed by atoms with E-state index in [9.17, 15) is 13.2 Å². The first kappa shape index (κ1) is 19.6. The fourth-order valence-electron chi connectivity index (χ4n) is 3.47. The molecule has 5 nitrogen and oxygen atoms in total. The van der Waals surface area contributed by atoms with Crippen LogP contribution in [0.5, 0.6) is 0 Å². The Bertz CT molecular complexity index is 869. The van der Waals surface area contributed by atoms with Crippen LogP contribution >= 0.6 is 0 Å². The van der Waals surface area contributed by atoms with Crippen molar-refractivity contribution in [1.82, 2.24) is 4.72 Å². The van der Waals surface area contributed by atoms with E-state index in [1.807, 2.05) is 36.4 Å². The van der Waals surface area contributed by atoms with Gasteiger partial charge in [0.25, 0.3) is 0 Å². The van der Waals surface area contributed by atoms with Crippen molar-refractivity contribution in [2.45, 2.75) is 55.9 Å². The van der Waals surface area contributed by atoms with Gasteiger partial charge in [0.2, 0.25) is 15.9 Å². The van der Waals surface area contributed by atoms with Gasteiger partial charge < -0.3 is 5.73 Å². The Morgan fingerprint density at radius 1 is 0.926 bits per heavy atom. The Hall–Kier alpha value is -2.18. The number of aryl methyl sites for hydroxylation is 1. The summed E-state index contributed by atoms with van der Waals surface area (Å²) >= 11 is 0. The largest absolute Gasteiger partial charge is 0.370 e. The Morgan fingerprint density at radius 2 is 1.48 bits per heavy atom. The lowest BCUT2D eigenvalue weighted by Crippen LogP contribution is -2.36. The maximum Gasteiger partial charge on any atom is 0.240 e. The van der Waals surface area contributed by atoms with Crippen LogP contribution in [0.2, 0.25) is 0 Å². The van der Waals surface area contributed by atoms with Crippen LogP contribution < -0.4 is 10.5 Å². The van der Waals surface area contributed by atoms with Gasteiger partial charge in [-0.25, -0.2) is 13.1 Å². The zero-order chi connectivity index (χ0) is 19.3. The Labute approximate surface area is 161 Å². The number of primary amides is 1. The summed E-state index contributed by atoms with van der Waals surface area (Å²) in [7, 11) is -3.47. The number of sulfonamides is 1. The van der Waals surface area contributed by atoms with Crippen molar-refractivity contribution in [2.24, 2.45) is 5.73 Å². The molecule has 0 saturated heterocycles. The van der Waals surface area contributed by atoms with E-state index in [-0.39, 0.29) is 11.9 Å². The molecule has 0 unspecified atom stereocenters. The molecule has 0 aromatic heterocycles. The molecule has 0 aliphatic heterocycles. The molecule has 0 bridgehead atoms. The molecule has 0 spiro atoms. The summed E-state index contributed by atoms with van der Waals surface area (Å²) in [6, 6.07) is 14.9. The second-order valence-corrected chi connectivity index (χ2v) is 8.86. The highest BCUT2D eigenvalue weighted by atomic mass is 32.2. The number of rotatable bonds is 7. The standard InChI is InChI=1S/C21H26N2O3S/c22-21(24)15-8-16-6-9-17(10-7-16)18-11-13-20(14-12-18)27(25,26)23-19-4-2-1-3-5-19/h6-7,9-14,19,23H,1-5,8,15H2,(H2,22,24). The SMILES string of the molecule is NC(=O)CCc1ccc(-c2ccc(S(=O)(=O)NC3CCCCC3)cc2)cc1. The van der Waals surface area contributed by atoms with Gasteiger partial charge in [-0.1, -0.05) is 55.7 Å². The average molecular weight is 387 g/mol. The fourth-order valence-corrected chi connectivity index (χ4v) is 4.77. The average Bonchev–Trinajstić information content (AvgIpc) is 2.67. The fraction of sp³-hybridized carbons (Fsp3) is 0.381. The molecule has 27 heavy (non-hydrogen) atoms. The number of carbonyl (C=O) groups excluding carboxylic acids is 1. The molecule has 1 aliphatic carbocycles. The van der Waals surface area contributed by atoms with Gasteiger partial charge in [0.1, 0.15) is 0 Å². The van der Waals surface area contributed by atoms with Crippen molar-refractivity contribution in [3.8, 4) is 11.1 Å². The van der Waals surface area contributed by atoms with Gasteiger partial charge in [0.05, 0.1) is 4.90 Å². The van der Waals surface area contributed by atoms with Gasteiger partial charge in [-0.05, 0) is 48.1 Å². The number of hydrogen-bond acceptors (Lipinski definition) is 3. The molecule has 1 amide bonds. The molecule has 3 rings (SSSR count). The van der Waals surface area contributed by atoms with Gasteiger partial charge in [-0.3, -0.25) is 4.79 Å². The molecule has 6 heteroatoms. The first-order valence-electron chi connectivity index (χ1n) is 9.44. The third kappa shape index (κ3) is 5.40. The van der Waals surface area contributed by atoms with E-state index in [4.69, 9.17) is 5.73 Å². The Kier molecular flexibility index (Phi) is 6.29. The van der Waals surface area contributed by atoms with Crippen LogP contribution in [0.25, 0.3) is 11.1 Å². The lowest BCUT2D eigenvalue weighted by atomic mass is 9.96. The van der Waals surface area contributed by atoms with Crippen molar-refractivity contribution in [3.05, 3.63) is 54.1 Å². The number of carbonyl (C=O) groups is 1. The molecular formula is C21H26N2O3S. The van der Waals surface area contributed by atoms with Crippen LogP contribution in [0.4, 0.5) is 0 Å². The van der Waals surface area contributed by atoms with E-state index >= 15 is 0 Å². The molecule has 0 radical (unpaired) electrons. The third-order valence-corrected chi connectivity index (χ3v) is 6.58. The minimum atomic E-state index is -3.47. The van der Waals surface area contributed by atoms with E-state index in [0.717, 1.165) is 42.4 Å². The summed E-state index contributed by atoms with van der Waals surface area (Å²) in [4.78, 5) is 11.2. The number of benzene rings is 2. The molecular weight excluding hydrogens is 360 g/mol. The summed E-state index contributed by atoms with van der Waals surface area (Å²) in [5, 5.41) is 0. The molecule has 0 atom stereocenters. The van der Waals surface area contributed by atoms with Crippen molar-refractivity contribution >= 4 is 15.9 Å². The number of amides is 1. The van der Waals surface area contributed by atoms with Crippen LogP contribution in [-0.2, 0) is 21.2 Å². The van der Waals surface area contributed by atoms with Crippen molar-refractivity contribution in [2.75, 3.05) is 0 Å².